The summed E-state index contributed by atoms with van der Waals surface area (Å²) < 4.78 is 87.1. The van der Waals surface area contributed by atoms with Gasteiger partial charge < -0.3 is 9.26 Å². The summed E-state index contributed by atoms with van der Waals surface area (Å²) in [5.41, 5.74) is -1.22. The van der Waals surface area contributed by atoms with E-state index in [1.165, 1.54) is 24.3 Å². The van der Waals surface area contributed by atoms with Crippen molar-refractivity contribution in [3.05, 3.63) is 30.1 Å². The maximum atomic E-state index is 14.6. The molecule has 2 aromatic rings. The molecule has 13 heteroatoms. The molecule has 1 atom stereocenters. The maximum absolute atomic E-state index is 14.6. The smallest absolute Gasteiger partial charge is 0.387 e. The minimum absolute atomic E-state index is 0.0946. The van der Waals surface area contributed by atoms with Gasteiger partial charge in [-0.2, -0.15) is 26.5 Å². The maximum Gasteiger partial charge on any atom is 0.387 e. The number of hydrogen-bond acceptors (Lipinski definition) is 6. The SMILES string of the molecule is NS(=O)(=O)N1CCC2(CC1)[C@H](c1noc(-c3cccc(OC(F)F)c3)n1)C2(F)F. The first-order chi connectivity index (χ1) is 13.5. The highest BCUT2D eigenvalue weighted by Crippen LogP contribution is 2.75. The standard InChI is InChI=1S/C16H16F4N4O4S/c17-14(18)27-10-3-1-2-9(8-10)13-22-12(23-28-13)11-15(16(11,19)20)4-6-24(7-5-15)29(21,25)26/h1-3,8,11,14H,4-7H2,(H2,21,25,26)/t11-/m0/s1. The van der Waals surface area contributed by atoms with Crippen LogP contribution in [0, 0.1) is 5.41 Å². The number of nitrogens with two attached hydrogens (primary N) is 1. The van der Waals surface area contributed by atoms with Crippen LogP contribution in [0.1, 0.15) is 24.6 Å². The molecule has 0 amide bonds. The van der Waals surface area contributed by atoms with Crippen molar-refractivity contribution in [2.45, 2.75) is 31.3 Å². The van der Waals surface area contributed by atoms with Crippen molar-refractivity contribution < 1.29 is 35.2 Å². The first kappa shape index (κ1) is 20.0. The highest BCUT2D eigenvalue weighted by atomic mass is 32.2. The Labute approximate surface area is 162 Å². The second-order valence-corrected chi connectivity index (χ2v) is 8.57. The molecule has 8 nitrogen and oxygen atoms in total. The van der Waals surface area contributed by atoms with Gasteiger partial charge >= 0.3 is 6.61 Å². The van der Waals surface area contributed by atoms with Gasteiger partial charge in [0, 0.05) is 18.7 Å². The zero-order valence-electron chi connectivity index (χ0n) is 14.8. The molecule has 1 aromatic heterocycles. The molecule has 2 fully saturated rings. The Hall–Kier alpha value is -2.25. The first-order valence-electron chi connectivity index (χ1n) is 8.59. The van der Waals surface area contributed by atoms with Crippen molar-refractivity contribution in [3.8, 4) is 17.2 Å². The van der Waals surface area contributed by atoms with E-state index in [4.69, 9.17) is 9.66 Å². The van der Waals surface area contributed by atoms with Crippen LogP contribution in [-0.2, 0) is 10.2 Å². The van der Waals surface area contributed by atoms with Gasteiger partial charge in [-0.15, -0.1) is 0 Å². The number of aromatic nitrogens is 2. The van der Waals surface area contributed by atoms with Crippen LogP contribution >= 0.6 is 0 Å². The molecular weight excluding hydrogens is 420 g/mol. The minimum Gasteiger partial charge on any atom is -0.435 e. The van der Waals surface area contributed by atoms with Gasteiger partial charge in [-0.1, -0.05) is 11.2 Å². The molecule has 1 aromatic carbocycles. The average Bonchev–Trinajstić information content (AvgIpc) is 2.96. The van der Waals surface area contributed by atoms with Crippen LogP contribution in [0.25, 0.3) is 11.5 Å². The molecule has 0 radical (unpaired) electrons. The highest BCUT2D eigenvalue weighted by molar-refractivity contribution is 7.86. The number of benzene rings is 1. The lowest BCUT2D eigenvalue weighted by Gasteiger charge is -2.30. The van der Waals surface area contributed by atoms with Gasteiger partial charge in [0.15, 0.2) is 5.82 Å². The quantitative estimate of drug-likeness (QED) is 0.721. The molecule has 0 unspecified atom stereocenters. The lowest BCUT2D eigenvalue weighted by atomic mass is 9.91. The summed E-state index contributed by atoms with van der Waals surface area (Å²) in [6, 6.07) is 5.44. The fourth-order valence-electron chi connectivity index (χ4n) is 3.95. The third-order valence-electron chi connectivity index (χ3n) is 5.48. The second-order valence-electron chi connectivity index (χ2n) is 7.02. The number of nitrogens with zero attached hydrogens (tertiary/aromatic N) is 3. The normalized spacial score (nSPS) is 23.4. The molecule has 4 rings (SSSR count). The summed E-state index contributed by atoms with van der Waals surface area (Å²) in [5, 5.41) is 8.70. The molecule has 29 heavy (non-hydrogen) atoms. The minimum atomic E-state index is -3.94. The predicted molar refractivity (Wildman–Crippen MR) is 90.4 cm³/mol. The van der Waals surface area contributed by atoms with Gasteiger partial charge in [0.05, 0.1) is 11.3 Å². The number of rotatable bonds is 5. The van der Waals surface area contributed by atoms with Crippen LogP contribution in [0.15, 0.2) is 28.8 Å². The zero-order chi connectivity index (χ0) is 21.0. The Kier molecular flexibility index (Phi) is 4.59. The van der Waals surface area contributed by atoms with Crippen LogP contribution in [0.5, 0.6) is 5.75 Å². The van der Waals surface area contributed by atoms with Gasteiger partial charge in [0.25, 0.3) is 22.0 Å². The Morgan fingerprint density at radius 1 is 1.28 bits per heavy atom. The van der Waals surface area contributed by atoms with E-state index in [0.717, 1.165) is 4.31 Å². The second kappa shape index (κ2) is 6.64. The lowest BCUT2D eigenvalue weighted by molar-refractivity contribution is -0.0498. The number of ether oxygens (including phenoxy) is 1. The van der Waals surface area contributed by atoms with Crippen molar-refractivity contribution in [3.63, 3.8) is 0 Å². The van der Waals surface area contributed by atoms with Crippen molar-refractivity contribution in [2.24, 2.45) is 10.6 Å². The molecule has 1 spiro atoms. The van der Waals surface area contributed by atoms with Crippen molar-refractivity contribution in [1.82, 2.24) is 14.4 Å². The highest BCUT2D eigenvalue weighted by Gasteiger charge is 2.82. The summed E-state index contributed by atoms with van der Waals surface area (Å²) in [6.45, 7) is -3.26. The lowest BCUT2D eigenvalue weighted by Crippen LogP contribution is -2.43. The van der Waals surface area contributed by atoms with E-state index in [1.807, 2.05) is 0 Å². The van der Waals surface area contributed by atoms with Gasteiger partial charge in [-0.25, -0.2) is 13.9 Å². The number of piperidine rings is 1. The molecule has 158 valence electrons. The summed E-state index contributed by atoms with van der Waals surface area (Å²) >= 11 is 0. The van der Waals surface area contributed by atoms with E-state index in [9.17, 15) is 26.0 Å². The predicted octanol–water partition coefficient (Wildman–Crippen LogP) is 2.36. The summed E-state index contributed by atoms with van der Waals surface area (Å²) in [4.78, 5) is 4.02. The molecule has 2 N–H and O–H groups in total. The van der Waals surface area contributed by atoms with E-state index in [2.05, 4.69) is 14.9 Å². The summed E-state index contributed by atoms with van der Waals surface area (Å²) in [5.74, 6) is -4.91. The Balaban J connectivity index is 1.55. The zero-order valence-corrected chi connectivity index (χ0v) is 15.6. The molecule has 1 saturated heterocycles. The van der Waals surface area contributed by atoms with Crippen molar-refractivity contribution >= 4 is 10.2 Å². The van der Waals surface area contributed by atoms with Gasteiger partial charge in [0.1, 0.15) is 5.75 Å². The Morgan fingerprint density at radius 3 is 2.59 bits per heavy atom. The van der Waals surface area contributed by atoms with Crippen molar-refractivity contribution in [1.29, 1.82) is 0 Å². The third-order valence-corrected chi connectivity index (χ3v) is 6.56. The number of hydrogen-bond donors (Lipinski definition) is 1. The molecular formula is C16H16F4N4O4S. The van der Waals surface area contributed by atoms with E-state index in [-0.39, 0.29) is 49.0 Å². The van der Waals surface area contributed by atoms with Crippen LogP contribution < -0.4 is 9.88 Å². The van der Waals surface area contributed by atoms with Gasteiger partial charge in [-0.05, 0) is 31.0 Å². The van der Waals surface area contributed by atoms with E-state index >= 15 is 0 Å². The van der Waals surface area contributed by atoms with Crippen LogP contribution in [0.4, 0.5) is 17.6 Å². The number of alkyl halides is 4. The van der Waals surface area contributed by atoms with E-state index < -0.39 is 34.1 Å². The molecule has 0 bridgehead atoms. The third kappa shape index (κ3) is 3.36. The monoisotopic (exact) mass is 436 g/mol. The largest absolute Gasteiger partial charge is 0.435 e. The molecule has 1 aliphatic carbocycles. The fraction of sp³-hybridized carbons (Fsp3) is 0.500. The summed E-state index contributed by atoms with van der Waals surface area (Å²) in [7, 11) is -3.94. The van der Waals surface area contributed by atoms with Gasteiger partial charge in [0.2, 0.25) is 0 Å². The molecule has 1 saturated carbocycles. The molecule has 1 aliphatic heterocycles. The topological polar surface area (TPSA) is 112 Å². The Bertz CT molecular complexity index is 1020. The van der Waals surface area contributed by atoms with Crippen LogP contribution in [-0.4, -0.2) is 48.5 Å². The summed E-state index contributed by atoms with van der Waals surface area (Å²) in [6.07, 6.45) is -0.189. The van der Waals surface area contributed by atoms with E-state index in [1.54, 1.807) is 0 Å². The first-order valence-corrected chi connectivity index (χ1v) is 10.1. The average molecular weight is 436 g/mol. The van der Waals surface area contributed by atoms with E-state index in [0.29, 0.717) is 0 Å². The van der Waals surface area contributed by atoms with Crippen molar-refractivity contribution in [2.75, 3.05) is 13.1 Å². The molecule has 2 heterocycles. The Morgan fingerprint density at radius 2 is 1.97 bits per heavy atom. The van der Waals surface area contributed by atoms with Crippen LogP contribution in [0.3, 0.4) is 0 Å². The molecule has 2 aliphatic rings. The van der Waals surface area contributed by atoms with Crippen LogP contribution in [0.2, 0.25) is 0 Å². The number of halogens is 4. The fourth-order valence-corrected chi connectivity index (χ4v) is 4.65. The van der Waals surface area contributed by atoms with Gasteiger partial charge in [-0.3, -0.25) is 0 Å².